The fourth-order valence-electron chi connectivity index (χ4n) is 5.28. The molecule has 2 atom stereocenters. The number of aromatic nitrogens is 4. The largest absolute Gasteiger partial charge is 0.479 e. The number of benzene rings is 1. The number of pyridine rings is 1. The van der Waals surface area contributed by atoms with Crippen molar-refractivity contribution in [1.82, 2.24) is 19.7 Å². The maximum Gasteiger partial charge on any atom is 0.335 e. The molecule has 1 aliphatic carbocycles. The maximum absolute atomic E-state index is 14.4. The molecule has 0 saturated heterocycles. The van der Waals surface area contributed by atoms with Crippen LogP contribution in [0.2, 0.25) is 0 Å². The highest BCUT2D eigenvalue weighted by molar-refractivity contribution is 5.94. The van der Waals surface area contributed by atoms with Crippen molar-refractivity contribution in [3.63, 3.8) is 0 Å². The number of carboxylic acid groups (broad SMARTS) is 1. The molecule has 180 valence electrons. The molecule has 0 bridgehead atoms. The topological polar surface area (TPSA) is 128 Å². The minimum absolute atomic E-state index is 0.0302. The average molecular weight is 479 g/mol. The van der Waals surface area contributed by atoms with Crippen molar-refractivity contribution in [2.24, 2.45) is 0 Å². The third kappa shape index (κ3) is 3.54. The number of halogens is 2. The van der Waals surface area contributed by atoms with E-state index >= 15 is 0 Å². The molecule has 1 saturated carbocycles. The van der Waals surface area contributed by atoms with Crippen molar-refractivity contribution in [1.29, 1.82) is 5.26 Å². The lowest BCUT2D eigenvalue weighted by Crippen LogP contribution is -2.35. The van der Waals surface area contributed by atoms with Crippen molar-refractivity contribution in [3.8, 4) is 11.8 Å². The monoisotopic (exact) mass is 479 g/mol. The third-order valence-corrected chi connectivity index (χ3v) is 7.00. The summed E-state index contributed by atoms with van der Waals surface area (Å²) < 4.78 is 30.0. The number of H-pyrrole nitrogens is 1. The number of hydrogen-bond acceptors (Lipinski definition) is 5. The van der Waals surface area contributed by atoms with Gasteiger partial charge in [0, 0.05) is 40.2 Å². The van der Waals surface area contributed by atoms with Gasteiger partial charge < -0.3 is 14.8 Å². The van der Waals surface area contributed by atoms with E-state index in [9.17, 15) is 29.1 Å². The Morgan fingerprint density at radius 3 is 2.77 bits per heavy atom. The molecule has 35 heavy (non-hydrogen) atoms. The Hall–Kier alpha value is -3.84. The Balaban J connectivity index is 1.89. The van der Waals surface area contributed by atoms with Gasteiger partial charge in [0.05, 0.1) is 23.3 Å². The van der Waals surface area contributed by atoms with Gasteiger partial charge in [-0.15, -0.1) is 0 Å². The number of nitrogens with one attached hydrogen (secondary N) is 1. The van der Waals surface area contributed by atoms with E-state index in [0.717, 1.165) is 12.1 Å². The standard InChI is InChI=1S/C25H23F2N5O3/c1-24(2,7-8-28)21-19(13-5-6-25(35,11-13)23(33)34)20-18(9-14-12-29-31-22(14)30-20)32(21)15-3-4-16(26)17(27)10-15/h3-4,9-10,12-13,35H,5-7,11H2,1-2H3,(H,33,34)(H,29,30,31)/t13?,25-/m0/s1. The van der Waals surface area contributed by atoms with Crippen LogP contribution >= 0.6 is 0 Å². The molecule has 0 aliphatic heterocycles. The van der Waals surface area contributed by atoms with Crippen LogP contribution in [0.25, 0.3) is 27.8 Å². The van der Waals surface area contributed by atoms with Gasteiger partial charge in [-0.3, -0.25) is 5.10 Å². The highest BCUT2D eigenvalue weighted by atomic mass is 19.2. The molecule has 3 N–H and O–H groups in total. The number of fused-ring (bicyclic) bond motifs is 2. The van der Waals surface area contributed by atoms with Crippen LogP contribution in [-0.4, -0.2) is 41.5 Å². The molecule has 8 nitrogen and oxygen atoms in total. The number of nitriles is 1. The van der Waals surface area contributed by atoms with E-state index in [1.54, 1.807) is 10.8 Å². The first-order valence-electron chi connectivity index (χ1n) is 11.2. The molecule has 5 rings (SSSR count). The van der Waals surface area contributed by atoms with E-state index < -0.39 is 28.6 Å². The lowest BCUT2D eigenvalue weighted by molar-refractivity contribution is -0.157. The molecule has 4 aromatic rings. The molecule has 3 heterocycles. The van der Waals surface area contributed by atoms with E-state index in [1.807, 2.05) is 19.9 Å². The smallest absolute Gasteiger partial charge is 0.335 e. The van der Waals surface area contributed by atoms with Crippen LogP contribution in [-0.2, 0) is 10.2 Å². The number of hydrogen-bond donors (Lipinski definition) is 3. The van der Waals surface area contributed by atoms with E-state index in [2.05, 4.69) is 16.3 Å². The first kappa shape index (κ1) is 22.9. The zero-order valence-electron chi connectivity index (χ0n) is 19.1. The molecule has 0 amide bonds. The first-order valence-corrected chi connectivity index (χ1v) is 11.2. The van der Waals surface area contributed by atoms with Crippen LogP contribution in [0.15, 0.2) is 30.5 Å². The van der Waals surface area contributed by atoms with Gasteiger partial charge in [-0.2, -0.15) is 10.4 Å². The number of aliphatic hydroxyl groups is 1. The summed E-state index contributed by atoms with van der Waals surface area (Å²) in [5.41, 5.74) is 0.668. The second kappa shape index (κ2) is 7.85. The molecule has 1 unspecified atom stereocenters. The SMILES string of the molecule is CC(C)(CC#N)c1c(C2CC[C@@](O)(C(=O)O)C2)c2nc3[nH]ncc3cc2n1-c1ccc(F)c(F)c1. The molecule has 1 fully saturated rings. The predicted molar refractivity (Wildman–Crippen MR) is 123 cm³/mol. The van der Waals surface area contributed by atoms with Crippen molar-refractivity contribution >= 4 is 28.0 Å². The van der Waals surface area contributed by atoms with Crippen molar-refractivity contribution in [2.45, 2.75) is 56.5 Å². The van der Waals surface area contributed by atoms with Gasteiger partial charge >= 0.3 is 5.97 Å². The summed E-state index contributed by atoms with van der Waals surface area (Å²) in [6.45, 7) is 3.74. The van der Waals surface area contributed by atoms with Crippen LogP contribution in [0.4, 0.5) is 8.78 Å². The van der Waals surface area contributed by atoms with Gasteiger partial charge in [-0.1, -0.05) is 13.8 Å². The van der Waals surface area contributed by atoms with Crippen LogP contribution < -0.4 is 0 Å². The number of aromatic amines is 1. The van der Waals surface area contributed by atoms with Gasteiger partial charge in [0.2, 0.25) is 0 Å². The zero-order valence-corrected chi connectivity index (χ0v) is 19.1. The van der Waals surface area contributed by atoms with Gasteiger partial charge in [-0.25, -0.2) is 18.6 Å². The molecule has 0 radical (unpaired) electrons. The highest BCUT2D eigenvalue weighted by Crippen LogP contribution is 2.49. The predicted octanol–water partition coefficient (Wildman–Crippen LogP) is 4.45. The minimum atomic E-state index is -1.88. The quantitative estimate of drug-likeness (QED) is 0.388. The molecule has 10 heteroatoms. The van der Waals surface area contributed by atoms with Crippen LogP contribution in [0.1, 0.15) is 56.7 Å². The molecule has 3 aromatic heterocycles. The van der Waals surface area contributed by atoms with Gasteiger partial charge in [0.15, 0.2) is 22.9 Å². The number of rotatable bonds is 5. The summed E-state index contributed by atoms with van der Waals surface area (Å²) in [7, 11) is 0. The van der Waals surface area contributed by atoms with Crippen LogP contribution in [0.3, 0.4) is 0 Å². The lowest BCUT2D eigenvalue weighted by Gasteiger charge is -2.28. The van der Waals surface area contributed by atoms with Crippen molar-refractivity contribution in [3.05, 3.63) is 53.4 Å². The summed E-state index contributed by atoms with van der Waals surface area (Å²) in [6, 6.07) is 7.62. The van der Waals surface area contributed by atoms with E-state index in [0.29, 0.717) is 45.4 Å². The minimum Gasteiger partial charge on any atom is -0.479 e. The van der Waals surface area contributed by atoms with Crippen molar-refractivity contribution < 1.29 is 23.8 Å². The zero-order chi connectivity index (χ0) is 25.1. The number of carboxylic acids is 1. The summed E-state index contributed by atoms with van der Waals surface area (Å²) >= 11 is 0. The summed E-state index contributed by atoms with van der Waals surface area (Å²) in [5, 5.41) is 37.5. The molecule has 0 spiro atoms. The fraction of sp³-hybridized carbons (Fsp3) is 0.360. The Bertz CT molecular complexity index is 1530. The second-order valence-electron chi connectivity index (χ2n) is 9.86. The van der Waals surface area contributed by atoms with E-state index in [1.165, 1.54) is 6.07 Å². The molecular weight excluding hydrogens is 456 g/mol. The van der Waals surface area contributed by atoms with Crippen LogP contribution in [0, 0.1) is 23.0 Å². The van der Waals surface area contributed by atoms with E-state index in [4.69, 9.17) is 4.98 Å². The first-order chi connectivity index (χ1) is 16.6. The normalized spacial score (nSPS) is 20.5. The van der Waals surface area contributed by atoms with Gasteiger partial charge in [0.25, 0.3) is 0 Å². The Labute approximate surface area is 198 Å². The lowest BCUT2D eigenvalue weighted by atomic mass is 9.80. The highest BCUT2D eigenvalue weighted by Gasteiger charge is 2.47. The third-order valence-electron chi connectivity index (χ3n) is 7.00. The van der Waals surface area contributed by atoms with Crippen LogP contribution in [0.5, 0.6) is 0 Å². The number of carbonyl (C=O) groups is 1. The van der Waals surface area contributed by atoms with E-state index in [-0.39, 0.29) is 25.2 Å². The average Bonchev–Trinajstić information content (AvgIpc) is 3.50. The molecular formula is C25H23F2N5O3. The molecule has 1 aliphatic rings. The number of nitrogens with zero attached hydrogens (tertiary/aromatic N) is 4. The summed E-state index contributed by atoms with van der Waals surface area (Å²) in [5.74, 6) is -3.67. The molecule has 1 aromatic carbocycles. The Morgan fingerprint density at radius 1 is 1.34 bits per heavy atom. The fourth-order valence-corrected chi connectivity index (χ4v) is 5.28. The van der Waals surface area contributed by atoms with Crippen molar-refractivity contribution in [2.75, 3.05) is 0 Å². The second-order valence-corrected chi connectivity index (χ2v) is 9.86. The Morgan fingerprint density at radius 2 is 2.11 bits per heavy atom. The number of aliphatic carboxylic acids is 1. The summed E-state index contributed by atoms with van der Waals surface area (Å²) in [4.78, 5) is 16.6. The van der Waals surface area contributed by atoms with Gasteiger partial charge in [-0.05, 0) is 43.4 Å². The van der Waals surface area contributed by atoms with Gasteiger partial charge in [0.1, 0.15) is 0 Å². The Kier molecular flexibility index (Phi) is 5.14. The maximum atomic E-state index is 14.4. The summed E-state index contributed by atoms with van der Waals surface area (Å²) in [6.07, 6.45) is 2.13.